The summed E-state index contributed by atoms with van der Waals surface area (Å²) in [5.74, 6) is 1.18. The Balaban J connectivity index is 1.99. The van der Waals surface area contributed by atoms with E-state index < -0.39 is 5.97 Å². The van der Waals surface area contributed by atoms with Crippen molar-refractivity contribution >= 4 is 5.97 Å². The second-order valence-electron chi connectivity index (χ2n) is 7.06. The summed E-state index contributed by atoms with van der Waals surface area (Å²) in [6.45, 7) is 12.3. The molecule has 2 aromatic carbocycles. The van der Waals surface area contributed by atoms with Gasteiger partial charge >= 0.3 is 5.97 Å². The van der Waals surface area contributed by atoms with Gasteiger partial charge in [0.25, 0.3) is 0 Å². The van der Waals surface area contributed by atoms with E-state index in [0.29, 0.717) is 6.61 Å². The van der Waals surface area contributed by atoms with Crippen LogP contribution in [0.15, 0.2) is 61.2 Å². The van der Waals surface area contributed by atoms with Gasteiger partial charge in [0, 0.05) is 11.5 Å². The lowest BCUT2D eigenvalue weighted by molar-refractivity contribution is -0.138. The zero-order chi connectivity index (χ0) is 19.9. The highest BCUT2D eigenvalue weighted by Crippen LogP contribution is 2.33. The molecular weight excluding hydrogens is 340 g/mol. The molecule has 0 saturated carbocycles. The van der Waals surface area contributed by atoms with Gasteiger partial charge in [0.2, 0.25) is 0 Å². The van der Waals surface area contributed by atoms with Gasteiger partial charge in [0.05, 0.1) is 6.10 Å². The number of benzene rings is 2. The number of carbonyl (C=O) groups is 1. The zero-order valence-corrected chi connectivity index (χ0v) is 16.5. The molecule has 0 aliphatic carbocycles. The molecule has 2 aromatic rings. The molecule has 0 amide bonds. The fourth-order valence-electron chi connectivity index (χ4n) is 2.72. The highest BCUT2D eigenvalue weighted by atomic mass is 16.6. The van der Waals surface area contributed by atoms with Gasteiger partial charge in [-0.15, -0.1) is 0 Å². The van der Waals surface area contributed by atoms with Crippen LogP contribution in [-0.2, 0) is 14.9 Å². The molecule has 4 heteroatoms. The fraction of sp³-hybridized carbons (Fsp3) is 0.348. The molecule has 0 unspecified atom stereocenters. The molecule has 2 rings (SSSR count). The van der Waals surface area contributed by atoms with Gasteiger partial charge in [0.15, 0.2) is 0 Å². The highest BCUT2D eigenvalue weighted by molar-refractivity contribution is 5.81. The Morgan fingerprint density at radius 3 is 1.96 bits per heavy atom. The molecular formula is C23H28O4. The molecule has 144 valence electrons. The number of rotatable bonds is 9. The predicted octanol–water partition coefficient (Wildman–Crippen LogP) is 4.91. The molecule has 0 heterocycles. The third-order valence-corrected chi connectivity index (χ3v) is 4.29. The smallest absolute Gasteiger partial charge is 0.330 e. The first-order valence-electron chi connectivity index (χ1n) is 9.12. The monoisotopic (exact) mass is 368 g/mol. The third-order valence-electron chi connectivity index (χ3n) is 4.29. The van der Waals surface area contributed by atoms with Crippen LogP contribution in [0.4, 0.5) is 0 Å². The molecule has 27 heavy (non-hydrogen) atoms. The maximum absolute atomic E-state index is 11.0. The summed E-state index contributed by atoms with van der Waals surface area (Å²) >= 11 is 0. The minimum Gasteiger partial charge on any atom is -0.491 e. The van der Waals surface area contributed by atoms with Crippen LogP contribution < -0.4 is 9.47 Å². The minimum atomic E-state index is -0.444. The Bertz CT molecular complexity index is 743. The summed E-state index contributed by atoms with van der Waals surface area (Å²) in [5, 5.41) is 0. The molecule has 4 nitrogen and oxygen atoms in total. The van der Waals surface area contributed by atoms with Gasteiger partial charge in [-0.3, -0.25) is 0 Å². The number of hydrogen-bond acceptors (Lipinski definition) is 4. The molecule has 0 bridgehead atoms. The van der Waals surface area contributed by atoms with Crippen LogP contribution in [0.25, 0.3) is 0 Å². The van der Waals surface area contributed by atoms with E-state index in [1.54, 1.807) is 0 Å². The maximum atomic E-state index is 11.0. The lowest BCUT2D eigenvalue weighted by Gasteiger charge is -2.26. The van der Waals surface area contributed by atoms with E-state index in [2.05, 4.69) is 44.7 Å². The summed E-state index contributed by atoms with van der Waals surface area (Å²) in [5.41, 5.74) is 2.25. The molecule has 0 aromatic heterocycles. The summed E-state index contributed by atoms with van der Waals surface area (Å²) in [7, 11) is 0. The number of ether oxygens (including phenoxy) is 3. The van der Waals surface area contributed by atoms with Gasteiger partial charge in [-0.25, -0.2) is 4.79 Å². The molecule has 0 aliphatic heterocycles. The molecule has 0 aliphatic rings. The largest absolute Gasteiger partial charge is 0.491 e. The first kappa shape index (κ1) is 20.6. The van der Waals surface area contributed by atoms with Crippen molar-refractivity contribution in [3.05, 3.63) is 72.3 Å². The average molecular weight is 368 g/mol. The van der Waals surface area contributed by atoms with Crippen LogP contribution in [0.5, 0.6) is 11.5 Å². The standard InChI is InChI=1S/C23H28O4/c1-6-22(24)26-16-15-25-20-11-7-18(8-12-20)23(4,5)19-9-13-21(14-10-19)27-17(2)3/h6-14,17H,1,15-16H2,2-5H3. The van der Waals surface area contributed by atoms with Gasteiger partial charge in [0.1, 0.15) is 24.7 Å². The minimum absolute atomic E-state index is 0.144. The second kappa shape index (κ2) is 9.26. The van der Waals surface area contributed by atoms with E-state index in [9.17, 15) is 4.79 Å². The van der Waals surface area contributed by atoms with Crippen molar-refractivity contribution < 1.29 is 19.0 Å². The first-order chi connectivity index (χ1) is 12.8. The van der Waals surface area contributed by atoms with Crippen molar-refractivity contribution in [2.75, 3.05) is 13.2 Å². The van der Waals surface area contributed by atoms with Crippen LogP contribution in [-0.4, -0.2) is 25.3 Å². The Morgan fingerprint density at radius 1 is 0.963 bits per heavy atom. The van der Waals surface area contributed by atoms with Crippen molar-refractivity contribution in [3.63, 3.8) is 0 Å². The van der Waals surface area contributed by atoms with Crippen LogP contribution in [0, 0.1) is 0 Å². The van der Waals surface area contributed by atoms with E-state index in [4.69, 9.17) is 14.2 Å². The Kier molecular flexibility index (Phi) is 7.05. The van der Waals surface area contributed by atoms with Gasteiger partial charge in [-0.05, 0) is 49.2 Å². The molecule has 0 fully saturated rings. The normalized spacial score (nSPS) is 11.1. The quantitative estimate of drug-likeness (QED) is 0.358. The highest BCUT2D eigenvalue weighted by Gasteiger charge is 2.23. The van der Waals surface area contributed by atoms with Gasteiger partial charge < -0.3 is 14.2 Å². The fourth-order valence-corrected chi connectivity index (χ4v) is 2.72. The lowest BCUT2D eigenvalue weighted by Crippen LogP contribution is -2.19. The predicted molar refractivity (Wildman–Crippen MR) is 107 cm³/mol. The van der Waals surface area contributed by atoms with Crippen LogP contribution in [0.1, 0.15) is 38.8 Å². The topological polar surface area (TPSA) is 44.8 Å². The van der Waals surface area contributed by atoms with Crippen molar-refractivity contribution in [1.82, 2.24) is 0 Å². The summed E-state index contributed by atoms with van der Waals surface area (Å²) in [4.78, 5) is 11.0. The molecule has 0 saturated heterocycles. The van der Waals surface area contributed by atoms with E-state index in [-0.39, 0.29) is 18.1 Å². The van der Waals surface area contributed by atoms with E-state index >= 15 is 0 Å². The Labute approximate surface area is 161 Å². The number of esters is 1. The van der Waals surface area contributed by atoms with Crippen molar-refractivity contribution in [2.24, 2.45) is 0 Å². The van der Waals surface area contributed by atoms with Crippen LogP contribution in [0.2, 0.25) is 0 Å². The van der Waals surface area contributed by atoms with Crippen LogP contribution >= 0.6 is 0 Å². The molecule has 0 atom stereocenters. The van der Waals surface area contributed by atoms with Crippen molar-refractivity contribution in [3.8, 4) is 11.5 Å². The SMILES string of the molecule is C=CC(=O)OCCOc1ccc(C(C)(C)c2ccc(OC(C)C)cc2)cc1. The second-order valence-corrected chi connectivity index (χ2v) is 7.06. The molecule has 0 N–H and O–H groups in total. The average Bonchev–Trinajstić information content (AvgIpc) is 2.65. The summed E-state index contributed by atoms with van der Waals surface area (Å²) in [6.07, 6.45) is 1.30. The van der Waals surface area contributed by atoms with Gasteiger partial charge in [-0.1, -0.05) is 44.7 Å². The van der Waals surface area contributed by atoms with Crippen molar-refractivity contribution in [1.29, 1.82) is 0 Å². The summed E-state index contributed by atoms with van der Waals surface area (Å²) < 4.78 is 16.2. The third kappa shape index (κ3) is 5.88. The maximum Gasteiger partial charge on any atom is 0.330 e. The molecule has 0 spiro atoms. The van der Waals surface area contributed by atoms with Gasteiger partial charge in [-0.2, -0.15) is 0 Å². The first-order valence-corrected chi connectivity index (χ1v) is 9.12. The Morgan fingerprint density at radius 2 is 1.48 bits per heavy atom. The molecule has 0 radical (unpaired) electrons. The van der Waals surface area contributed by atoms with E-state index in [1.807, 2.05) is 38.1 Å². The lowest BCUT2D eigenvalue weighted by atomic mass is 9.78. The van der Waals surface area contributed by atoms with Crippen LogP contribution in [0.3, 0.4) is 0 Å². The van der Waals surface area contributed by atoms with E-state index in [0.717, 1.165) is 17.6 Å². The van der Waals surface area contributed by atoms with Crippen molar-refractivity contribution in [2.45, 2.75) is 39.2 Å². The zero-order valence-electron chi connectivity index (χ0n) is 16.5. The number of carbonyl (C=O) groups excluding carboxylic acids is 1. The van der Waals surface area contributed by atoms with E-state index in [1.165, 1.54) is 11.1 Å². The number of hydrogen-bond donors (Lipinski definition) is 0. The Hall–Kier alpha value is -2.75. The summed E-state index contributed by atoms with van der Waals surface area (Å²) in [6, 6.07) is 16.2.